The Labute approximate surface area is 154 Å². The minimum atomic E-state index is -4.76. The molecule has 3 nitrogen and oxygen atoms in total. The molecule has 0 bridgehead atoms. The van der Waals surface area contributed by atoms with Gasteiger partial charge in [-0.2, -0.15) is 13.2 Å². The van der Waals surface area contributed by atoms with Crippen molar-refractivity contribution in [3.8, 4) is 5.75 Å². The van der Waals surface area contributed by atoms with E-state index in [1.807, 2.05) is 0 Å². The van der Waals surface area contributed by atoms with E-state index < -0.39 is 23.7 Å². The number of rotatable bonds is 5. The van der Waals surface area contributed by atoms with Crippen molar-refractivity contribution in [2.24, 2.45) is 0 Å². The second-order valence-corrected chi connectivity index (χ2v) is 6.59. The third kappa shape index (κ3) is 4.47. The predicted octanol–water partition coefficient (Wildman–Crippen LogP) is 4.89. The van der Waals surface area contributed by atoms with Gasteiger partial charge in [0.05, 0.1) is 6.04 Å². The van der Waals surface area contributed by atoms with E-state index in [2.05, 4.69) is 5.32 Å². The fourth-order valence-electron chi connectivity index (χ4n) is 3.24. The minimum Gasteiger partial charge on any atom is -0.476 e. The molecule has 1 fully saturated rings. The standard InChI is InChI=1S/C20H19F4NO2/c1-12(26)17-10-11-18(25-17)13-6-8-14(9-7-13)27-19(20(22,23)24)15-4-2-3-5-16(15)21/h2-9,17-19,25H,10-11H2,1H3/t17-,18+,19?/m0/s1. The molecule has 27 heavy (non-hydrogen) atoms. The van der Waals surface area contributed by atoms with Crippen LogP contribution in [0.2, 0.25) is 0 Å². The van der Waals surface area contributed by atoms with Crippen molar-refractivity contribution in [1.82, 2.24) is 5.32 Å². The summed E-state index contributed by atoms with van der Waals surface area (Å²) in [6.45, 7) is 1.52. The Morgan fingerprint density at radius 1 is 1.11 bits per heavy atom. The lowest BCUT2D eigenvalue weighted by atomic mass is 10.0. The monoisotopic (exact) mass is 381 g/mol. The molecule has 1 aliphatic rings. The van der Waals surface area contributed by atoms with Gasteiger partial charge < -0.3 is 10.1 Å². The molecule has 1 unspecified atom stereocenters. The van der Waals surface area contributed by atoms with E-state index >= 15 is 0 Å². The fourth-order valence-corrected chi connectivity index (χ4v) is 3.24. The number of ether oxygens (including phenoxy) is 1. The van der Waals surface area contributed by atoms with E-state index in [-0.39, 0.29) is 23.6 Å². The molecule has 0 aliphatic carbocycles. The summed E-state index contributed by atoms with van der Waals surface area (Å²) >= 11 is 0. The molecule has 0 saturated carbocycles. The number of alkyl halides is 3. The Balaban J connectivity index is 1.76. The number of halogens is 4. The van der Waals surface area contributed by atoms with Crippen LogP contribution in [0.5, 0.6) is 5.75 Å². The third-order valence-corrected chi connectivity index (χ3v) is 4.66. The van der Waals surface area contributed by atoms with Crippen LogP contribution in [0, 0.1) is 5.82 Å². The van der Waals surface area contributed by atoms with Gasteiger partial charge in [0.25, 0.3) is 0 Å². The number of hydrogen-bond acceptors (Lipinski definition) is 3. The molecule has 0 amide bonds. The Morgan fingerprint density at radius 2 is 1.78 bits per heavy atom. The topological polar surface area (TPSA) is 38.3 Å². The molecule has 0 radical (unpaired) electrons. The molecule has 1 heterocycles. The normalized spacial score (nSPS) is 21.1. The molecule has 2 aromatic rings. The van der Waals surface area contributed by atoms with Gasteiger partial charge >= 0.3 is 6.18 Å². The maximum absolute atomic E-state index is 13.8. The molecule has 144 valence electrons. The summed E-state index contributed by atoms with van der Waals surface area (Å²) in [4.78, 5) is 11.4. The molecule has 1 N–H and O–H groups in total. The number of hydrogen-bond donors (Lipinski definition) is 1. The van der Waals surface area contributed by atoms with Crippen molar-refractivity contribution < 1.29 is 27.1 Å². The van der Waals surface area contributed by atoms with Gasteiger partial charge in [-0.15, -0.1) is 0 Å². The Morgan fingerprint density at radius 3 is 2.33 bits per heavy atom. The highest BCUT2D eigenvalue weighted by Crippen LogP contribution is 2.38. The average molecular weight is 381 g/mol. The summed E-state index contributed by atoms with van der Waals surface area (Å²) < 4.78 is 59.1. The zero-order valence-electron chi connectivity index (χ0n) is 14.6. The smallest absolute Gasteiger partial charge is 0.429 e. The molecule has 2 aromatic carbocycles. The summed E-state index contributed by atoms with van der Waals surface area (Å²) in [7, 11) is 0. The lowest BCUT2D eigenvalue weighted by molar-refractivity contribution is -0.198. The summed E-state index contributed by atoms with van der Waals surface area (Å²) in [5.41, 5.74) is 0.302. The van der Waals surface area contributed by atoms with Crippen LogP contribution in [0.15, 0.2) is 48.5 Å². The summed E-state index contributed by atoms with van der Waals surface area (Å²) in [6, 6.07) is 10.6. The SMILES string of the molecule is CC(=O)[C@@H]1CC[C@H](c2ccc(OC(c3ccccc3F)C(F)(F)F)cc2)N1. The number of Topliss-reactive ketones (excluding diaryl/α,β-unsaturated/α-hetero) is 1. The molecule has 1 saturated heterocycles. The number of carbonyl (C=O) groups is 1. The van der Waals surface area contributed by atoms with Gasteiger partial charge in [-0.05, 0) is 43.5 Å². The maximum atomic E-state index is 13.8. The highest BCUT2D eigenvalue weighted by atomic mass is 19.4. The Bertz CT molecular complexity index is 804. The minimum absolute atomic E-state index is 0.00885. The van der Waals surface area contributed by atoms with Gasteiger partial charge in [0.15, 0.2) is 0 Å². The lowest BCUT2D eigenvalue weighted by Gasteiger charge is -2.23. The van der Waals surface area contributed by atoms with Crippen molar-refractivity contribution in [1.29, 1.82) is 0 Å². The number of nitrogens with one attached hydrogen (secondary N) is 1. The van der Waals surface area contributed by atoms with E-state index in [0.29, 0.717) is 0 Å². The molecule has 0 aromatic heterocycles. The number of ketones is 1. The van der Waals surface area contributed by atoms with Gasteiger partial charge in [0.2, 0.25) is 6.10 Å². The van der Waals surface area contributed by atoms with Crippen LogP contribution in [0.3, 0.4) is 0 Å². The first kappa shape index (κ1) is 19.4. The van der Waals surface area contributed by atoms with E-state index in [1.54, 1.807) is 12.1 Å². The van der Waals surface area contributed by atoms with Gasteiger partial charge in [-0.3, -0.25) is 4.79 Å². The molecular formula is C20H19F4NO2. The zero-order valence-corrected chi connectivity index (χ0v) is 14.6. The summed E-state index contributed by atoms with van der Waals surface area (Å²) in [6.07, 6.45) is -5.66. The summed E-state index contributed by atoms with van der Waals surface area (Å²) in [5.74, 6) is -0.914. The van der Waals surface area contributed by atoms with Gasteiger partial charge in [-0.1, -0.05) is 30.3 Å². The van der Waals surface area contributed by atoms with Crippen LogP contribution in [-0.4, -0.2) is 18.0 Å². The van der Waals surface area contributed by atoms with Crippen LogP contribution in [-0.2, 0) is 4.79 Å². The number of carbonyl (C=O) groups excluding carboxylic acids is 1. The van der Waals surface area contributed by atoms with Gasteiger partial charge in [-0.25, -0.2) is 4.39 Å². The van der Waals surface area contributed by atoms with Crippen LogP contribution in [0.1, 0.15) is 43.0 Å². The first-order valence-corrected chi connectivity index (χ1v) is 8.60. The van der Waals surface area contributed by atoms with Gasteiger partial charge in [0.1, 0.15) is 17.3 Å². The van der Waals surface area contributed by atoms with Crippen molar-refractivity contribution in [2.75, 3.05) is 0 Å². The Kier molecular flexibility index (Phi) is 5.51. The van der Waals surface area contributed by atoms with E-state index in [1.165, 1.54) is 31.2 Å². The quantitative estimate of drug-likeness (QED) is 0.750. The maximum Gasteiger partial charge on any atom is 0.429 e. The van der Waals surface area contributed by atoms with Crippen LogP contribution >= 0.6 is 0 Å². The molecule has 0 spiro atoms. The lowest BCUT2D eigenvalue weighted by Crippen LogP contribution is -2.30. The fraction of sp³-hybridized carbons (Fsp3) is 0.350. The molecular weight excluding hydrogens is 362 g/mol. The average Bonchev–Trinajstić information content (AvgIpc) is 3.10. The zero-order chi connectivity index (χ0) is 19.6. The van der Waals surface area contributed by atoms with Crippen molar-refractivity contribution in [2.45, 2.75) is 44.1 Å². The third-order valence-electron chi connectivity index (χ3n) is 4.66. The van der Waals surface area contributed by atoms with Crippen LogP contribution < -0.4 is 10.1 Å². The number of benzene rings is 2. The largest absolute Gasteiger partial charge is 0.476 e. The second-order valence-electron chi connectivity index (χ2n) is 6.59. The first-order chi connectivity index (χ1) is 12.8. The molecule has 3 atom stereocenters. The second kappa shape index (κ2) is 7.68. The molecule has 7 heteroatoms. The van der Waals surface area contributed by atoms with E-state index in [9.17, 15) is 22.4 Å². The van der Waals surface area contributed by atoms with Crippen molar-refractivity contribution >= 4 is 5.78 Å². The summed E-state index contributed by atoms with van der Waals surface area (Å²) in [5, 5.41) is 3.20. The predicted molar refractivity (Wildman–Crippen MR) is 91.8 cm³/mol. The Hall–Kier alpha value is -2.41. The highest BCUT2D eigenvalue weighted by molar-refractivity contribution is 5.81. The van der Waals surface area contributed by atoms with Crippen molar-refractivity contribution in [3.05, 3.63) is 65.5 Å². The highest BCUT2D eigenvalue weighted by Gasteiger charge is 2.44. The van der Waals surface area contributed by atoms with Crippen LogP contribution in [0.25, 0.3) is 0 Å². The molecule has 3 rings (SSSR count). The van der Waals surface area contributed by atoms with Gasteiger partial charge in [0, 0.05) is 11.6 Å². The van der Waals surface area contributed by atoms with Crippen LogP contribution in [0.4, 0.5) is 17.6 Å². The van der Waals surface area contributed by atoms with Crippen molar-refractivity contribution in [3.63, 3.8) is 0 Å². The van der Waals surface area contributed by atoms with E-state index in [0.717, 1.165) is 30.5 Å². The first-order valence-electron chi connectivity index (χ1n) is 8.60. The van der Waals surface area contributed by atoms with E-state index in [4.69, 9.17) is 4.74 Å². The molecule has 1 aliphatic heterocycles.